The summed E-state index contributed by atoms with van der Waals surface area (Å²) in [6.07, 6.45) is 0. The molecule has 27 heavy (non-hydrogen) atoms. The van der Waals surface area contributed by atoms with Crippen LogP contribution >= 0.6 is 0 Å². The quantitative estimate of drug-likeness (QED) is 0.601. The SMILES string of the molecule is CNS(=O)(=O)c1cc(-c2cc(C(=O)Nc3ccccc3)[nH]n2)ccc1OC. The van der Waals surface area contributed by atoms with E-state index in [9.17, 15) is 13.2 Å². The second-order valence-corrected chi connectivity index (χ2v) is 7.42. The number of methoxy groups -OCH3 is 1. The van der Waals surface area contributed by atoms with Gasteiger partial charge in [0.25, 0.3) is 5.91 Å². The van der Waals surface area contributed by atoms with Gasteiger partial charge in [-0.15, -0.1) is 0 Å². The Morgan fingerprint density at radius 3 is 2.52 bits per heavy atom. The van der Waals surface area contributed by atoms with Crippen molar-refractivity contribution in [3.05, 3.63) is 60.3 Å². The van der Waals surface area contributed by atoms with Gasteiger partial charge < -0.3 is 10.1 Å². The number of anilines is 1. The number of hydrogen-bond acceptors (Lipinski definition) is 5. The Labute approximate surface area is 156 Å². The molecule has 2 aromatic carbocycles. The molecule has 1 aromatic heterocycles. The molecule has 0 unspecified atom stereocenters. The fourth-order valence-electron chi connectivity index (χ4n) is 2.46. The number of aromatic amines is 1. The van der Waals surface area contributed by atoms with Gasteiger partial charge in [-0.25, -0.2) is 13.1 Å². The maximum atomic E-state index is 12.3. The number of sulfonamides is 1. The molecule has 3 aromatic rings. The van der Waals surface area contributed by atoms with Gasteiger partial charge >= 0.3 is 0 Å². The highest BCUT2D eigenvalue weighted by Crippen LogP contribution is 2.29. The van der Waals surface area contributed by atoms with E-state index in [-0.39, 0.29) is 22.2 Å². The van der Waals surface area contributed by atoms with Crippen LogP contribution in [0.1, 0.15) is 10.5 Å². The molecule has 0 aliphatic heterocycles. The first-order valence-corrected chi connectivity index (χ1v) is 9.46. The lowest BCUT2D eigenvalue weighted by atomic mass is 10.1. The minimum absolute atomic E-state index is 0.0108. The van der Waals surface area contributed by atoms with Gasteiger partial charge in [-0.3, -0.25) is 9.89 Å². The molecule has 0 fully saturated rings. The lowest BCUT2D eigenvalue weighted by Gasteiger charge is -2.09. The molecule has 140 valence electrons. The number of nitrogens with zero attached hydrogens (tertiary/aromatic N) is 1. The molecule has 0 atom stereocenters. The summed E-state index contributed by atoms with van der Waals surface area (Å²) in [7, 11) is -0.999. The van der Waals surface area contributed by atoms with Crippen molar-refractivity contribution in [2.75, 3.05) is 19.5 Å². The third kappa shape index (κ3) is 3.99. The molecular formula is C18H18N4O4S. The van der Waals surface area contributed by atoms with E-state index < -0.39 is 10.0 Å². The van der Waals surface area contributed by atoms with Gasteiger partial charge in [-0.1, -0.05) is 18.2 Å². The summed E-state index contributed by atoms with van der Waals surface area (Å²) >= 11 is 0. The Hall–Kier alpha value is -3.17. The van der Waals surface area contributed by atoms with E-state index in [1.54, 1.807) is 24.3 Å². The fourth-order valence-corrected chi connectivity index (χ4v) is 3.38. The van der Waals surface area contributed by atoms with E-state index >= 15 is 0 Å². The molecule has 0 spiro atoms. The molecule has 3 N–H and O–H groups in total. The van der Waals surface area contributed by atoms with Gasteiger partial charge in [0.2, 0.25) is 10.0 Å². The number of amides is 1. The van der Waals surface area contributed by atoms with Crippen LogP contribution in [0.5, 0.6) is 5.75 Å². The number of H-pyrrole nitrogens is 1. The molecule has 9 heteroatoms. The second-order valence-electron chi connectivity index (χ2n) is 5.56. The van der Waals surface area contributed by atoms with E-state index in [0.29, 0.717) is 16.9 Å². The maximum Gasteiger partial charge on any atom is 0.273 e. The smallest absolute Gasteiger partial charge is 0.273 e. The Morgan fingerprint density at radius 1 is 1.11 bits per heavy atom. The molecular weight excluding hydrogens is 368 g/mol. The molecule has 8 nitrogen and oxygen atoms in total. The first kappa shape index (κ1) is 18.6. The zero-order valence-electron chi connectivity index (χ0n) is 14.7. The van der Waals surface area contributed by atoms with Crippen LogP contribution in [0.2, 0.25) is 0 Å². The van der Waals surface area contributed by atoms with Crippen molar-refractivity contribution in [2.24, 2.45) is 0 Å². The lowest BCUT2D eigenvalue weighted by molar-refractivity contribution is 0.102. The molecule has 0 saturated heterocycles. The summed E-state index contributed by atoms with van der Waals surface area (Å²) in [5.74, 6) is -0.137. The van der Waals surface area contributed by atoms with Gasteiger partial charge in [0.15, 0.2) is 0 Å². The van der Waals surface area contributed by atoms with Crippen molar-refractivity contribution < 1.29 is 17.9 Å². The van der Waals surface area contributed by atoms with E-state index in [1.165, 1.54) is 26.3 Å². The summed E-state index contributed by atoms with van der Waals surface area (Å²) in [5, 5.41) is 9.53. The molecule has 0 radical (unpaired) electrons. The first-order valence-electron chi connectivity index (χ1n) is 7.98. The number of hydrogen-bond donors (Lipinski definition) is 3. The fraction of sp³-hybridized carbons (Fsp3) is 0.111. The predicted octanol–water partition coefficient (Wildman–Crippen LogP) is 2.25. The summed E-state index contributed by atoms with van der Waals surface area (Å²) in [4.78, 5) is 12.3. The standard InChI is InChI=1S/C18H18N4O4S/c1-19-27(24,25)17-10-12(8-9-16(17)26-2)14-11-15(22-21-14)18(23)20-13-6-4-3-5-7-13/h3-11,19H,1-2H3,(H,20,23)(H,21,22). The van der Waals surface area contributed by atoms with E-state index in [1.807, 2.05) is 18.2 Å². The predicted molar refractivity (Wildman–Crippen MR) is 101 cm³/mol. The molecule has 0 aliphatic rings. The number of ether oxygens (including phenoxy) is 1. The molecule has 1 heterocycles. The highest BCUT2D eigenvalue weighted by atomic mass is 32.2. The van der Waals surface area contributed by atoms with Gasteiger partial charge in [-0.05, 0) is 43.4 Å². The number of benzene rings is 2. The minimum atomic E-state index is -3.71. The van der Waals surface area contributed by atoms with Gasteiger partial charge in [0.1, 0.15) is 16.3 Å². The summed E-state index contributed by atoms with van der Waals surface area (Å²) < 4.78 is 31.8. The lowest BCUT2D eigenvalue weighted by Crippen LogP contribution is -2.19. The van der Waals surface area contributed by atoms with Crippen molar-refractivity contribution in [1.82, 2.24) is 14.9 Å². The van der Waals surface area contributed by atoms with Crippen LogP contribution in [-0.4, -0.2) is 38.7 Å². The van der Waals surface area contributed by atoms with Crippen LogP contribution < -0.4 is 14.8 Å². The molecule has 0 bridgehead atoms. The van der Waals surface area contributed by atoms with Gasteiger partial charge in [-0.2, -0.15) is 5.10 Å². The average molecular weight is 386 g/mol. The zero-order chi connectivity index (χ0) is 19.4. The number of para-hydroxylation sites is 1. The van der Waals surface area contributed by atoms with Crippen molar-refractivity contribution in [3.63, 3.8) is 0 Å². The number of carbonyl (C=O) groups is 1. The molecule has 0 saturated carbocycles. The number of carbonyl (C=O) groups excluding carboxylic acids is 1. The monoisotopic (exact) mass is 386 g/mol. The zero-order valence-corrected chi connectivity index (χ0v) is 15.5. The van der Waals surface area contributed by atoms with Crippen LogP contribution in [0, 0.1) is 0 Å². The van der Waals surface area contributed by atoms with Gasteiger partial charge in [0.05, 0.1) is 12.8 Å². The van der Waals surface area contributed by atoms with Crippen molar-refractivity contribution in [1.29, 1.82) is 0 Å². The van der Waals surface area contributed by atoms with Crippen LogP contribution in [0.3, 0.4) is 0 Å². The summed E-state index contributed by atoms with van der Waals surface area (Å²) in [5.41, 5.74) is 1.87. The largest absolute Gasteiger partial charge is 0.495 e. The van der Waals surface area contributed by atoms with Crippen molar-refractivity contribution in [2.45, 2.75) is 4.90 Å². The number of rotatable bonds is 6. The Kier molecular flexibility index (Phi) is 5.24. The van der Waals surface area contributed by atoms with Crippen LogP contribution in [0.25, 0.3) is 11.3 Å². The Morgan fingerprint density at radius 2 is 1.85 bits per heavy atom. The number of nitrogens with one attached hydrogen (secondary N) is 3. The maximum absolute atomic E-state index is 12.3. The third-order valence-corrected chi connectivity index (χ3v) is 5.31. The van der Waals surface area contributed by atoms with E-state index in [4.69, 9.17) is 4.74 Å². The Balaban J connectivity index is 1.90. The second kappa shape index (κ2) is 7.60. The van der Waals surface area contributed by atoms with Crippen molar-refractivity contribution in [3.8, 4) is 17.0 Å². The van der Waals surface area contributed by atoms with E-state index in [0.717, 1.165) is 0 Å². The minimum Gasteiger partial charge on any atom is -0.495 e. The van der Waals surface area contributed by atoms with Crippen LogP contribution in [0.4, 0.5) is 5.69 Å². The third-order valence-electron chi connectivity index (χ3n) is 3.87. The van der Waals surface area contributed by atoms with Crippen LogP contribution in [0.15, 0.2) is 59.5 Å². The highest BCUT2D eigenvalue weighted by molar-refractivity contribution is 7.89. The van der Waals surface area contributed by atoms with Gasteiger partial charge in [0, 0.05) is 11.3 Å². The summed E-state index contributed by atoms with van der Waals surface area (Å²) in [6, 6.07) is 15.2. The van der Waals surface area contributed by atoms with Crippen molar-refractivity contribution >= 4 is 21.6 Å². The molecule has 0 aliphatic carbocycles. The number of aromatic nitrogens is 2. The normalized spacial score (nSPS) is 11.2. The average Bonchev–Trinajstić information content (AvgIpc) is 3.18. The van der Waals surface area contributed by atoms with E-state index in [2.05, 4.69) is 20.2 Å². The summed E-state index contributed by atoms with van der Waals surface area (Å²) in [6.45, 7) is 0. The molecule has 3 rings (SSSR count). The highest BCUT2D eigenvalue weighted by Gasteiger charge is 2.20. The Bertz CT molecular complexity index is 1060. The topological polar surface area (TPSA) is 113 Å². The van der Waals surface area contributed by atoms with Crippen LogP contribution in [-0.2, 0) is 10.0 Å². The first-order chi connectivity index (χ1) is 12.9. The molecule has 1 amide bonds.